The summed E-state index contributed by atoms with van der Waals surface area (Å²) in [7, 11) is -4.04. The van der Waals surface area contributed by atoms with Crippen LogP contribution in [-0.2, 0) is 14.8 Å². The van der Waals surface area contributed by atoms with Crippen molar-refractivity contribution in [1.82, 2.24) is 5.32 Å². The lowest BCUT2D eigenvalue weighted by atomic mass is 9.67. The molecule has 0 spiro atoms. The van der Waals surface area contributed by atoms with E-state index in [2.05, 4.69) is 16.0 Å². The molecule has 0 heterocycles. The summed E-state index contributed by atoms with van der Waals surface area (Å²) in [6.45, 7) is 0.335. The van der Waals surface area contributed by atoms with Gasteiger partial charge in [0.15, 0.2) is 0 Å². The third kappa shape index (κ3) is 5.91. The maximum Gasteiger partial charge on any atom is 0.320 e. The molecule has 7 N–H and O–H groups in total. The summed E-state index contributed by atoms with van der Waals surface area (Å²) in [6.07, 6.45) is 0.565. The van der Waals surface area contributed by atoms with E-state index in [1.54, 1.807) is 30.3 Å². The number of nitrogens with two attached hydrogens (primary N) is 2. The van der Waals surface area contributed by atoms with Crippen LogP contribution in [0.2, 0.25) is 5.02 Å². The van der Waals surface area contributed by atoms with Gasteiger partial charge in [-0.05, 0) is 73.3 Å². The first-order valence-electron chi connectivity index (χ1n) is 11.3. The van der Waals surface area contributed by atoms with Crippen molar-refractivity contribution in [1.29, 1.82) is 0 Å². The standard InChI is InChI=1S/C25H25ClFN5O4S/c26-17-6-8-18(9-7-17)30-24(34)32-25(12-15(13-25)14-28)23(33)31-21-10-5-16(11-20(21)27)19-3-1-2-4-22(19)37(29,35)36/h1-11,15H,12-14,28H2,(H,31,33)(H2,29,35,36)(H2,30,32,34). The van der Waals surface area contributed by atoms with Gasteiger partial charge in [-0.1, -0.05) is 35.9 Å². The number of hydrogen-bond acceptors (Lipinski definition) is 5. The number of carbonyl (C=O) groups excluding carboxylic acids is 2. The summed E-state index contributed by atoms with van der Waals surface area (Å²) in [4.78, 5) is 25.7. The molecule has 1 fully saturated rings. The molecular formula is C25H25ClFN5O4S. The fourth-order valence-corrected chi connectivity index (χ4v) is 5.22. The Morgan fingerprint density at radius 1 is 1.03 bits per heavy atom. The summed E-state index contributed by atoms with van der Waals surface area (Å²) in [5.41, 5.74) is 5.29. The van der Waals surface area contributed by atoms with Crippen LogP contribution in [0.15, 0.2) is 71.6 Å². The van der Waals surface area contributed by atoms with E-state index in [1.165, 1.54) is 30.3 Å². The third-order valence-electron chi connectivity index (χ3n) is 6.22. The van der Waals surface area contributed by atoms with Crippen LogP contribution in [0.25, 0.3) is 11.1 Å². The van der Waals surface area contributed by atoms with Crippen LogP contribution in [0.5, 0.6) is 0 Å². The number of primary sulfonamides is 1. The number of anilines is 2. The minimum Gasteiger partial charge on any atom is -0.330 e. The number of hydrogen-bond donors (Lipinski definition) is 5. The number of carbonyl (C=O) groups is 2. The molecule has 194 valence electrons. The monoisotopic (exact) mass is 545 g/mol. The minimum atomic E-state index is -4.04. The number of nitrogens with one attached hydrogen (secondary N) is 3. The second-order valence-corrected chi connectivity index (χ2v) is 10.8. The minimum absolute atomic E-state index is 0.0171. The molecule has 4 rings (SSSR count). The van der Waals surface area contributed by atoms with Gasteiger partial charge < -0.3 is 21.7 Å². The molecule has 0 saturated heterocycles. The van der Waals surface area contributed by atoms with E-state index in [9.17, 15) is 18.0 Å². The molecule has 37 heavy (non-hydrogen) atoms. The highest BCUT2D eigenvalue weighted by Gasteiger charge is 2.51. The van der Waals surface area contributed by atoms with E-state index in [1.807, 2.05) is 0 Å². The Balaban J connectivity index is 1.52. The van der Waals surface area contributed by atoms with Gasteiger partial charge in [-0.3, -0.25) is 4.79 Å². The number of halogens is 2. The van der Waals surface area contributed by atoms with Crippen molar-refractivity contribution in [2.75, 3.05) is 17.2 Å². The van der Waals surface area contributed by atoms with Crippen molar-refractivity contribution in [3.63, 3.8) is 0 Å². The molecule has 12 heteroatoms. The van der Waals surface area contributed by atoms with Crippen LogP contribution < -0.4 is 26.8 Å². The Hall–Kier alpha value is -3.51. The number of amides is 3. The van der Waals surface area contributed by atoms with Gasteiger partial charge in [0.25, 0.3) is 0 Å². The van der Waals surface area contributed by atoms with Gasteiger partial charge in [-0.15, -0.1) is 0 Å². The molecule has 0 bridgehead atoms. The van der Waals surface area contributed by atoms with Crippen LogP contribution in [0.4, 0.5) is 20.6 Å². The zero-order valence-electron chi connectivity index (χ0n) is 19.5. The Morgan fingerprint density at radius 2 is 1.70 bits per heavy atom. The second kappa shape index (κ2) is 10.5. The summed E-state index contributed by atoms with van der Waals surface area (Å²) in [5, 5.41) is 13.7. The van der Waals surface area contributed by atoms with Gasteiger partial charge >= 0.3 is 6.03 Å². The van der Waals surface area contributed by atoms with Crippen molar-refractivity contribution in [3.05, 3.63) is 77.6 Å². The number of benzene rings is 3. The van der Waals surface area contributed by atoms with Crippen molar-refractivity contribution in [2.24, 2.45) is 16.8 Å². The van der Waals surface area contributed by atoms with Crippen LogP contribution in [-0.4, -0.2) is 32.4 Å². The van der Waals surface area contributed by atoms with Gasteiger partial charge in [-0.25, -0.2) is 22.7 Å². The third-order valence-corrected chi connectivity index (χ3v) is 7.44. The predicted octanol–water partition coefficient (Wildman–Crippen LogP) is 3.66. The topological polar surface area (TPSA) is 156 Å². The highest BCUT2D eigenvalue weighted by molar-refractivity contribution is 7.89. The zero-order chi connectivity index (χ0) is 26.8. The van der Waals surface area contributed by atoms with Crippen molar-refractivity contribution in [3.8, 4) is 11.1 Å². The maximum absolute atomic E-state index is 15.0. The number of urea groups is 1. The van der Waals surface area contributed by atoms with Crippen molar-refractivity contribution >= 4 is 44.9 Å². The lowest BCUT2D eigenvalue weighted by Crippen LogP contribution is -2.65. The molecule has 3 aromatic carbocycles. The normalized spacial score (nSPS) is 19.0. The van der Waals surface area contributed by atoms with Gasteiger partial charge in [0.2, 0.25) is 15.9 Å². The molecule has 1 aliphatic carbocycles. The van der Waals surface area contributed by atoms with E-state index in [0.29, 0.717) is 17.3 Å². The molecule has 0 aromatic heterocycles. The van der Waals surface area contributed by atoms with E-state index in [0.717, 1.165) is 6.07 Å². The smallest absolute Gasteiger partial charge is 0.320 e. The first-order valence-corrected chi connectivity index (χ1v) is 13.2. The molecule has 0 radical (unpaired) electrons. The Morgan fingerprint density at radius 3 is 2.32 bits per heavy atom. The van der Waals surface area contributed by atoms with Crippen LogP contribution in [0.3, 0.4) is 0 Å². The summed E-state index contributed by atoms with van der Waals surface area (Å²) >= 11 is 5.87. The van der Waals surface area contributed by atoms with Gasteiger partial charge in [0.05, 0.1) is 10.6 Å². The molecule has 0 atom stereocenters. The highest BCUT2D eigenvalue weighted by Crippen LogP contribution is 2.39. The van der Waals surface area contributed by atoms with Gasteiger partial charge in [0, 0.05) is 16.3 Å². The number of rotatable bonds is 7. The average molecular weight is 546 g/mol. The van der Waals surface area contributed by atoms with E-state index in [4.69, 9.17) is 22.5 Å². The quantitative estimate of drug-likeness (QED) is 0.306. The molecule has 3 amide bonds. The zero-order valence-corrected chi connectivity index (χ0v) is 21.1. The van der Waals surface area contributed by atoms with Crippen LogP contribution >= 0.6 is 11.6 Å². The summed E-state index contributed by atoms with van der Waals surface area (Å²) in [5.74, 6) is -1.37. The molecule has 1 saturated carbocycles. The van der Waals surface area contributed by atoms with Crippen molar-refractivity contribution < 1.29 is 22.4 Å². The largest absolute Gasteiger partial charge is 0.330 e. The predicted molar refractivity (Wildman–Crippen MR) is 140 cm³/mol. The summed E-state index contributed by atoms with van der Waals surface area (Å²) in [6, 6.07) is 15.7. The molecule has 3 aromatic rings. The van der Waals surface area contributed by atoms with Crippen molar-refractivity contribution in [2.45, 2.75) is 23.3 Å². The molecule has 1 aliphatic rings. The average Bonchev–Trinajstić information content (AvgIpc) is 2.83. The fourth-order valence-electron chi connectivity index (χ4n) is 4.33. The van der Waals surface area contributed by atoms with Gasteiger partial charge in [-0.2, -0.15) is 0 Å². The fraction of sp³-hybridized carbons (Fsp3) is 0.200. The maximum atomic E-state index is 15.0. The van der Waals surface area contributed by atoms with E-state index < -0.39 is 33.3 Å². The van der Waals surface area contributed by atoms with E-state index in [-0.39, 0.29) is 40.5 Å². The van der Waals surface area contributed by atoms with E-state index >= 15 is 4.39 Å². The molecule has 9 nitrogen and oxygen atoms in total. The first kappa shape index (κ1) is 26.6. The lowest BCUT2D eigenvalue weighted by molar-refractivity contribution is -0.127. The van der Waals surface area contributed by atoms with Gasteiger partial charge in [0.1, 0.15) is 11.4 Å². The first-order chi connectivity index (χ1) is 17.5. The SMILES string of the molecule is NCC1CC(NC(=O)Nc2ccc(Cl)cc2)(C(=O)Nc2ccc(-c3ccccc3S(N)(=O)=O)cc2F)C1. The summed E-state index contributed by atoms with van der Waals surface area (Å²) < 4.78 is 38.9. The molecule has 0 unspecified atom stereocenters. The lowest BCUT2D eigenvalue weighted by Gasteiger charge is -2.46. The number of sulfonamides is 1. The van der Waals surface area contributed by atoms with Crippen LogP contribution in [0, 0.1) is 11.7 Å². The molecule has 0 aliphatic heterocycles. The second-order valence-electron chi connectivity index (χ2n) is 8.87. The Bertz CT molecular complexity index is 1440. The Kier molecular flexibility index (Phi) is 7.51. The molecular weight excluding hydrogens is 521 g/mol. The van der Waals surface area contributed by atoms with Crippen LogP contribution in [0.1, 0.15) is 12.8 Å². The highest BCUT2D eigenvalue weighted by atomic mass is 35.5. The Labute approximate surface area is 218 Å².